The summed E-state index contributed by atoms with van der Waals surface area (Å²) in [6.07, 6.45) is 10.0. The fourth-order valence-corrected chi connectivity index (χ4v) is 5.16. The number of likely N-dealkylation sites (tertiary alicyclic amines) is 1. The molecule has 146 valence electrons. The number of hydrogen-bond donors (Lipinski definition) is 0. The average molecular weight is 389 g/mol. The first-order valence-electron chi connectivity index (χ1n) is 10.1. The molecule has 1 saturated heterocycles. The van der Waals surface area contributed by atoms with Crippen molar-refractivity contribution < 1.29 is 9.21 Å². The predicted octanol–water partition coefficient (Wildman–Crippen LogP) is 4.39. The minimum absolute atomic E-state index is 0.212. The number of aromatic nitrogens is 3. The number of furan rings is 1. The third-order valence-electron chi connectivity index (χ3n) is 5.68. The maximum atomic E-state index is 12.7. The van der Waals surface area contributed by atoms with E-state index in [1.165, 1.54) is 37.4 Å². The number of hydrogen-bond acceptors (Lipinski definition) is 5. The van der Waals surface area contributed by atoms with Crippen LogP contribution in [0.1, 0.15) is 57.9 Å². The van der Waals surface area contributed by atoms with Crippen LogP contribution in [-0.2, 0) is 4.79 Å². The second-order valence-corrected chi connectivity index (χ2v) is 8.76. The first-order valence-corrected chi connectivity index (χ1v) is 11.1. The lowest BCUT2D eigenvalue weighted by atomic mass is 9.95. The van der Waals surface area contributed by atoms with Crippen molar-refractivity contribution in [3.63, 3.8) is 0 Å². The summed E-state index contributed by atoms with van der Waals surface area (Å²) in [5, 5.41) is 9.67. The summed E-state index contributed by atoms with van der Waals surface area (Å²) in [6, 6.07) is 4.20. The van der Waals surface area contributed by atoms with Crippen LogP contribution < -0.4 is 0 Å². The summed E-state index contributed by atoms with van der Waals surface area (Å²) in [5.41, 5.74) is 0. The molecule has 7 heteroatoms. The highest BCUT2D eigenvalue weighted by atomic mass is 32.2. The van der Waals surface area contributed by atoms with Gasteiger partial charge in [-0.25, -0.2) is 0 Å². The Kier molecular flexibility index (Phi) is 5.86. The predicted molar refractivity (Wildman–Crippen MR) is 106 cm³/mol. The Hall–Kier alpha value is -1.76. The van der Waals surface area contributed by atoms with Gasteiger partial charge in [0.25, 0.3) is 0 Å². The van der Waals surface area contributed by atoms with E-state index in [9.17, 15) is 4.79 Å². The minimum atomic E-state index is 0.212. The van der Waals surface area contributed by atoms with Gasteiger partial charge in [0.2, 0.25) is 11.7 Å². The van der Waals surface area contributed by atoms with Gasteiger partial charge < -0.3 is 9.32 Å². The lowest BCUT2D eigenvalue weighted by Gasteiger charge is -2.31. The highest BCUT2D eigenvalue weighted by molar-refractivity contribution is 7.99. The Morgan fingerprint density at radius 2 is 2.07 bits per heavy atom. The van der Waals surface area contributed by atoms with Gasteiger partial charge in [-0.05, 0) is 43.7 Å². The Labute approximate surface area is 164 Å². The third kappa shape index (κ3) is 4.23. The highest BCUT2D eigenvalue weighted by Gasteiger charge is 2.26. The van der Waals surface area contributed by atoms with E-state index in [0.717, 1.165) is 49.1 Å². The van der Waals surface area contributed by atoms with Crippen molar-refractivity contribution in [3.05, 3.63) is 18.4 Å². The summed E-state index contributed by atoms with van der Waals surface area (Å²) in [4.78, 5) is 14.7. The van der Waals surface area contributed by atoms with Crippen molar-refractivity contribution in [3.8, 4) is 11.6 Å². The molecule has 1 aliphatic heterocycles. The monoisotopic (exact) mass is 388 g/mol. The fraction of sp³-hybridized carbons (Fsp3) is 0.650. The van der Waals surface area contributed by atoms with E-state index >= 15 is 0 Å². The SMILES string of the molecule is CC1CCCN(C(=O)CSc2nnc(-c3ccco3)n2C2CCCCC2)C1. The van der Waals surface area contributed by atoms with Crippen LogP contribution in [0, 0.1) is 5.92 Å². The zero-order chi connectivity index (χ0) is 18.6. The van der Waals surface area contributed by atoms with E-state index in [-0.39, 0.29) is 5.91 Å². The second-order valence-electron chi connectivity index (χ2n) is 7.82. The molecular formula is C20H28N4O2S. The molecule has 1 unspecified atom stereocenters. The van der Waals surface area contributed by atoms with Crippen LogP contribution in [-0.4, -0.2) is 44.4 Å². The largest absolute Gasteiger partial charge is 0.461 e. The van der Waals surface area contributed by atoms with Crippen molar-refractivity contribution in [2.24, 2.45) is 5.92 Å². The minimum Gasteiger partial charge on any atom is -0.461 e. The summed E-state index contributed by atoms with van der Waals surface area (Å²) in [7, 11) is 0. The standard InChI is InChI=1S/C20H28N4O2S/c1-15-7-5-11-23(13-15)18(25)14-27-20-22-21-19(17-10-6-12-26-17)24(20)16-8-3-2-4-9-16/h6,10,12,15-16H,2-5,7-9,11,13-14H2,1H3. The van der Waals surface area contributed by atoms with Crippen LogP contribution in [0.25, 0.3) is 11.6 Å². The maximum Gasteiger partial charge on any atom is 0.233 e. The van der Waals surface area contributed by atoms with Crippen LogP contribution in [0.2, 0.25) is 0 Å². The van der Waals surface area contributed by atoms with Crippen molar-refractivity contribution in [2.75, 3.05) is 18.8 Å². The number of carbonyl (C=O) groups is 1. The van der Waals surface area contributed by atoms with E-state index in [1.54, 1.807) is 6.26 Å². The molecule has 0 aromatic carbocycles. The van der Waals surface area contributed by atoms with Gasteiger partial charge >= 0.3 is 0 Å². The molecule has 0 radical (unpaired) electrons. The van der Waals surface area contributed by atoms with E-state index in [1.807, 2.05) is 17.0 Å². The zero-order valence-electron chi connectivity index (χ0n) is 16.0. The van der Waals surface area contributed by atoms with Crippen LogP contribution in [0.3, 0.4) is 0 Å². The average Bonchev–Trinajstić information content (AvgIpc) is 3.36. The van der Waals surface area contributed by atoms with Crippen molar-refractivity contribution >= 4 is 17.7 Å². The molecule has 2 aliphatic rings. The normalized spacial score (nSPS) is 21.5. The Morgan fingerprint density at radius 1 is 1.22 bits per heavy atom. The molecule has 1 aliphatic carbocycles. The van der Waals surface area contributed by atoms with Gasteiger partial charge in [0, 0.05) is 19.1 Å². The molecule has 2 aromatic rings. The van der Waals surface area contributed by atoms with E-state index in [0.29, 0.717) is 17.7 Å². The van der Waals surface area contributed by atoms with E-state index in [2.05, 4.69) is 21.7 Å². The topological polar surface area (TPSA) is 64.2 Å². The van der Waals surface area contributed by atoms with Crippen molar-refractivity contribution in [2.45, 2.75) is 63.1 Å². The number of carbonyl (C=O) groups excluding carboxylic acids is 1. The van der Waals surface area contributed by atoms with E-state index < -0.39 is 0 Å². The van der Waals surface area contributed by atoms with Crippen molar-refractivity contribution in [1.29, 1.82) is 0 Å². The Bertz CT molecular complexity index is 752. The van der Waals surface area contributed by atoms with Gasteiger partial charge in [-0.2, -0.15) is 0 Å². The Balaban J connectivity index is 1.51. The lowest BCUT2D eigenvalue weighted by Crippen LogP contribution is -2.40. The number of rotatable bonds is 5. The van der Waals surface area contributed by atoms with Gasteiger partial charge in [0.15, 0.2) is 10.9 Å². The van der Waals surface area contributed by atoms with Crippen LogP contribution in [0.15, 0.2) is 28.0 Å². The van der Waals surface area contributed by atoms with Gasteiger partial charge in [-0.1, -0.05) is 37.9 Å². The first kappa shape index (κ1) is 18.6. The van der Waals surface area contributed by atoms with Crippen molar-refractivity contribution in [1.82, 2.24) is 19.7 Å². The molecule has 0 spiro atoms. The van der Waals surface area contributed by atoms with E-state index in [4.69, 9.17) is 4.42 Å². The maximum absolute atomic E-state index is 12.7. The molecule has 0 N–H and O–H groups in total. The summed E-state index contributed by atoms with van der Waals surface area (Å²) in [6.45, 7) is 3.99. The highest BCUT2D eigenvalue weighted by Crippen LogP contribution is 2.35. The third-order valence-corrected chi connectivity index (χ3v) is 6.61. The fourth-order valence-electron chi connectivity index (χ4n) is 4.25. The zero-order valence-corrected chi connectivity index (χ0v) is 16.8. The molecule has 27 heavy (non-hydrogen) atoms. The van der Waals surface area contributed by atoms with Crippen LogP contribution >= 0.6 is 11.8 Å². The molecule has 1 saturated carbocycles. The molecule has 4 rings (SSSR count). The Morgan fingerprint density at radius 3 is 2.81 bits per heavy atom. The first-order chi connectivity index (χ1) is 13.2. The van der Waals surface area contributed by atoms with Gasteiger partial charge in [0.1, 0.15) is 0 Å². The van der Waals surface area contributed by atoms with Gasteiger partial charge in [-0.3, -0.25) is 9.36 Å². The number of nitrogens with zero attached hydrogens (tertiary/aromatic N) is 4. The van der Waals surface area contributed by atoms with Crippen LogP contribution in [0.4, 0.5) is 0 Å². The molecule has 2 fully saturated rings. The smallest absolute Gasteiger partial charge is 0.233 e. The molecular weight excluding hydrogens is 360 g/mol. The summed E-state index contributed by atoms with van der Waals surface area (Å²) >= 11 is 1.52. The summed E-state index contributed by atoms with van der Waals surface area (Å²) in [5.74, 6) is 2.77. The van der Waals surface area contributed by atoms with Gasteiger partial charge in [-0.15, -0.1) is 10.2 Å². The summed E-state index contributed by atoms with van der Waals surface area (Å²) < 4.78 is 7.81. The number of piperidine rings is 1. The number of thioether (sulfide) groups is 1. The lowest BCUT2D eigenvalue weighted by molar-refractivity contribution is -0.130. The molecule has 1 atom stereocenters. The molecule has 0 bridgehead atoms. The quantitative estimate of drug-likeness (QED) is 0.711. The number of amides is 1. The second kappa shape index (κ2) is 8.50. The van der Waals surface area contributed by atoms with Crippen LogP contribution in [0.5, 0.6) is 0 Å². The molecule has 1 amide bonds. The molecule has 6 nitrogen and oxygen atoms in total. The van der Waals surface area contributed by atoms with Gasteiger partial charge in [0.05, 0.1) is 12.0 Å². The molecule has 2 aromatic heterocycles. The molecule has 3 heterocycles.